The van der Waals surface area contributed by atoms with Gasteiger partial charge in [0, 0.05) is 26.2 Å². The number of thiophene rings is 1. The van der Waals surface area contributed by atoms with Crippen LogP contribution in [-0.4, -0.2) is 55.1 Å². The maximum absolute atomic E-state index is 12.4. The van der Waals surface area contributed by atoms with Crippen molar-refractivity contribution >= 4 is 56.9 Å². The van der Waals surface area contributed by atoms with E-state index in [9.17, 15) is 19.7 Å². The van der Waals surface area contributed by atoms with Crippen LogP contribution in [0, 0.1) is 17.0 Å². The number of nitro benzene ring substituents is 1. The number of nitro groups is 1. The largest absolute Gasteiger partial charge is 0.495 e. The molecule has 0 fully saturated rings. The quantitative estimate of drug-likeness (QED) is 0.294. The van der Waals surface area contributed by atoms with Crippen LogP contribution in [0.4, 0.5) is 16.4 Å². The number of non-ortho nitro benzene ring substituents is 1. The van der Waals surface area contributed by atoms with Crippen LogP contribution in [0.5, 0.6) is 5.75 Å². The molecule has 1 aromatic heterocycles. The number of nitrogens with one attached hydrogen (secondary N) is 2. The molecule has 160 valence electrons. The Hall–Kier alpha value is -3.25. The molecule has 2 rings (SSSR count). The number of rotatable bonds is 6. The Bertz CT molecular complexity index is 1020. The minimum Gasteiger partial charge on any atom is -0.495 e. The highest BCUT2D eigenvalue weighted by atomic mass is 32.1. The minimum atomic E-state index is -0.625. The summed E-state index contributed by atoms with van der Waals surface area (Å²) in [6.07, 6.45) is 0. The number of esters is 1. The predicted molar refractivity (Wildman–Crippen MR) is 118 cm³/mol. The Morgan fingerprint density at radius 2 is 1.90 bits per heavy atom. The monoisotopic (exact) mass is 452 g/mol. The summed E-state index contributed by atoms with van der Waals surface area (Å²) in [7, 11) is 5.86. The average molecular weight is 453 g/mol. The standard InChI is InChI=1S/C18H20N4O6S2/c1-9-13(17(24)28-5)15(30-14(9)16(23)21(2)3)20-18(29)19-11-8-10(22(25)26)6-7-12(11)27-4/h6-8H,1-5H3,(H2,19,20,29). The zero-order valence-corrected chi connectivity index (χ0v) is 18.5. The van der Waals surface area contributed by atoms with E-state index in [0.717, 1.165) is 11.3 Å². The highest BCUT2D eigenvalue weighted by Gasteiger charge is 2.26. The number of anilines is 2. The number of ether oxygens (including phenoxy) is 2. The zero-order chi connectivity index (χ0) is 22.6. The van der Waals surface area contributed by atoms with Crippen LogP contribution in [0.2, 0.25) is 0 Å². The Balaban J connectivity index is 2.38. The maximum atomic E-state index is 12.4. The van der Waals surface area contributed by atoms with Gasteiger partial charge in [-0.3, -0.25) is 14.9 Å². The predicted octanol–water partition coefficient (Wildman–Crippen LogP) is 3.27. The number of carbonyl (C=O) groups excluding carboxylic acids is 2. The van der Waals surface area contributed by atoms with Crippen LogP contribution < -0.4 is 15.4 Å². The second-order valence-electron chi connectivity index (χ2n) is 6.17. The summed E-state index contributed by atoms with van der Waals surface area (Å²) < 4.78 is 10.0. The molecule has 1 heterocycles. The van der Waals surface area contributed by atoms with Crippen molar-refractivity contribution in [1.29, 1.82) is 0 Å². The fourth-order valence-corrected chi connectivity index (χ4v) is 4.02. The van der Waals surface area contributed by atoms with Crippen LogP contribution in [-0.2, 0) is 4.74 Å². The van der Waals surface area contributed by atoms with E-state index in [2.05, 4.69) is 10.6 Å². The molecule has 0 aliphatic heterocycles. The van der Waals surface area contributed by atoms with Gasteiger partial charge in [0.15, 0.2) is 5.11 Å². The summed E-state index contributed by atoms with van der Waals surface area (Å²) in [4.78, 5) is 37.0. The van der Waals surface area contributed by atoms with Crippen molar-refractivity contribution in [1.82, 2.24) is 4.90 Å². The number of amides is 1. The van der Waals surface area contributed by atoms with Gasteiger partial charge < -0.3 is 25.0 Å². The lowest BCUT2D eigenvalue weighted by atomic mass is 10.1. The van der Waals surface area contributed by atoms with Gasteiger partial charge in [-0.15, -0.1) is 11.3 Å². The third-order valence-corrected chi connectivity index (χ3v) is 5.41. The molecule has 0 spiro atoms. The highest BCUT2D eigenvalue weighted by molar-refractivity contribution is 7.80. The first-order valence-electron chi connectivity index (χ1n) is 8.44. The normalized spacial score (nSPS) is 10.2. The molecule has 0 atom stereocenters. The Labute approximate surface area is 181 Å². The molecule has 0 radical (unpaired) electrons. The first-order valence-corrected chi connectivity index (χ1v) is 9.66. The molecule has 0 saturated carbocycles. The third-order valence-electron chi connectivity index (χ3n) is 4.01. The second-order valence-corrected chi connectivity index (χ2v) is 7.60. The number of carbonyl (C=O) groups is 2. The van der Waals surface area contributed by atoms with Gasteiger partial charge >= 0.3 is 5.97 Å². The minimum absolute atomic E-state index is 0.0454. The smallest absolute Gasteiger partial charge is 0.341 e. The maximum Gasteiger partial charge on any atom is 0.341 e. The van der Waals surface area contributed by atoms with E-state index in [1.807, 2.05) is 0 Å². The topological polar surface area (TPSA) is 123 Å². The van der Waals surface area contributed by atoms with Gasteiger partial charge in [-0.05, 0) is 30.8 Å². The summed E-state index contributed by atoms with van der Waals surface area (Å²) in [6, 6.07) is 4.01. The molecular weight excluding hydrogens is 432 g/mol. The Morgan fingerprint density at radius 1 is 1.23 bits per heavy atom. The van der Waals surface area contributed by atoms with E-state index in [-0.39, 0.29) is 28.0 Å². The number of thiocarbonyl (C=S) groups is 1. The van der Waals surface area contributed by atoms with Gasteiger partial charge in [0.1, 0.15) is 10.8 Å². The number of nitrogens with zero attached hydrogens (tertiary/aromatic N) is 2. The van der Waals surface area contributed by atoms with Crippen molar-refractivity contribution in [2.45, 2.75) is 6.92 Å². The third kappa shape index (κ3) is 4.83. The lowest BCUT2D eigenvalue weighted by Gasteiger charge is -2.13. The van der Waals surface area contributed by atoms with Crippen molar-refractivity contribution < 1.29 is 24.0 Å². The van der Waals surface area contributed by atoms with E-state index < -0.39 is 10.9 Å². The fourth-order valence-electron chi connectivity index (χ4n) is 2.52. The van der Waals surface area contributed by atoms with Crippen molar-refractivity contribution in [3.8, 4) is 5.75 Å². The summed E-state index contributed by atoms with van der Waals surface area (Å²) >= 11 is 6.35. The van der Waals surface area contributed by atoms with Crippen molar-refractivity contribution in [2.24, 2.45) is 0 Å². The molecular formula is C18H20N4O6S2. The SMILES string of the molecule is COC(=O)c1c(NC(=S)Nc2cc([N+](=O)[O-])ccc2OC)sc(C(=O)N(C)C)c1C. The molecule has 1 aromatic carbocycles. The van der Waals surface area contributed by atoms with Crippen LogP contribution in [0.3, 0.4) is 0 Å². The molecule has 1 amide bonds. The molecule has 30 heavy (non-hydrogen) atoms. The summed E-state index contributed by atoms with van der Waals surface area (Å²) in [5.74, 6) is -0.557. The number of hydrogen-bond acceptors (Lipinski definition) is 8. The van der Waals surface area contributed by atoms with Crippen LogP contribution in [0.1, 0.15) is 25.6 Å². The van der Waals surface area contributed by atoms with E-state index in [1.54, 1.807) is 21.0 Å². The summed E-state index contributed by atoms with van der Waals surface area (Å²) in [6.45, 7) is 1.64. The van der Waals surface area contributed by atoms with Gasteiger partial charge in [-0.25, -0.2) is 4.79 Å². The first kappa shape index (κ1) is 23.0. The summed E-state index contributed by atoms with van der Waals surface area (Å²) in [5, 5.41) is 17.1. The molecule has 0 aliphatic rings. The Kier molecular flexibility index (Phi) is 7.29. The average Bonchev–Trinajstić information content (AvgIpc) is 3.01. The molecule has 0 aliphatic carbocycles. The van der Waals surface area contributed by atoms with Crippen LogP contribution in [0.15, 0.2) is 18.2 Å². The van der Waals surface area contributed by atoms with Crippen molar-refractivity contribution in [3.05, 3.63) is 44.3 Å². The van der Waals surface area contributed by atoms with Gasteiger partial charge in [0.25, 0.3) is 11.6 Å². The molecule has 2 aromatic rings. The molecule has 0 unspecified atom stereocenters. The zero-order valence-electron chi connectivity index (χ0n) is 16.9. The molecule has 12 heteroatoms. The number of hydrogen-bond donors (Lipinski definition) is 2. The van der Waals surface area contributed by atoms with Crippen molar-refractivity contribution in [2.75, 3.05) is 38.9 Å². The molecule has 0 saturated heterocycles. The molecule has 0 bridgehead atoms. The van der Waals surface area contributed by atoms with Gasteiger partial charge in [0.05, 0.1) is 35.3 Å². The van der Waals surface area contributed by atoms with E-state index in [4.69, 9.17) is 21.7 Å². The van der Waals surface area contributed by atoms with Gasteiger partial charge in [0.2, 0.25) is 0 Å². The number of benzene rings is 1. The second kappa shape index (κ2) is 9.50. The first-order chi connectivity index (χ1) is 14.1. The van der Waals surface area contributed by atoms with Gasteiger partial charge in [-0.1, -0.05) is 0 Å². The summed E-state index contributed by atoms with van der Waals surface area (Å²) in [5.41, 5.74) is 0.760. The van der Waals surface area contributed by atoms with Crippen LogP contribution >= 0.6 is 23.6 Å². The lowest BCUT2D eigenvalue weighted by Crippen LogP contribution is -2.21. The van der Waals surface area contributed by atoms with E-state index in [1.165, 1.54) is 37.3 Å². The van der Waals surface area contributed by atoms with E-state index in [0.29, 0.717) is 21.2 Å². The van der Waals surface area contributed by atoms with Crippen molar-refractivity contribution in [3.63, 3.8) is 0 Å². The molecule has 10 nitrogen and oxygen atoms in total. The van der Waals surface area contributed by atoms with E-state index >= 15 is 0 Å². The van der Waals surface area contributed by atoms with Crippen LogP contribution in [0.25, 0.3) is 0 Å². The van der Waals surface area contributed by atoms with Gasteiger partial charge in [-0.2, -0.15) is 0 Å². The Morgan fingerprint density at radius 3 is 2.43 bits per heavy atom. The molecule has 2 N–H and O–H groups in total. The lowest BCUT2D eigenvalue weighted by molar-refractivity contribution is -0.384. The highest BCUT2D eigenvalue weighted by Crippen LogP contribution is 2.35. The fraction of sp³-hybridized carbons (Fsp3) is 0.278. The number of methoxy groups -OCH3 is 2.